The highest BCUT2D eigenvalue weighted by atomic mass is 35.5. The van der Waals surface area contributed by atoms with Crippen LogP contribution in [0.4, 0.5) is 0 Å². The Balaban J connectivity index is 2.22. The fraction of sp³-hybridized carbons (Fsp3) is 0.222. The van der Waals surface area contributed by atoms with Gasteiger partial charge in [0.2, 0.25) is 0 Å². The van der Waals surface area contributed by atoms with E-state index in [4.69, 9.17) is 11.6 Å². The maximum atomic E-state index is 12.2. The lowest BCUT2D eigenvalue weighted by atomic mass is 10.1. The first-order chi connectivity index (χ1) is 11.0. The van der Waals surface area contributed by atoms with E-state index in [1.807, 2.05) is 26.1 Å². The van der Waals surface area contributed by atoms with Crippen molar-refractivity contribution in [1.82, 2.24) is 9.55 Å². The Labute approximate surface area is 144 Å². The largest absolute Gasteiger partial charge is 0.311 e. The SMILES string of the molecule is CCc1cc(Sc2ccc(Cl)nc2)c2cc(C)c(=O)n(C)c2c1. The maximum absolute atomic E-state index is 12.2. The molecule has 0 aliphatic rings. The molecule has 0 saturated carbocycles. The van der Waals surface area contributed by atoms with Crippen LogP contribution in [0.15, 0.2) is 51.1 Å². The first kappa shape index (κ1) is 16.1. The van der Waals surface area contributed by atoms with Gasteiger partial charge in [0.25, 0.3) is 5.56 Å². The van der Waals surface area contributed by atoms with Gasteiger partial charge in [-0.2, -0.15) is 0 Å². The van der Waals surface area contributed by atoms with Crippen LogP contribution in [0.3, 0.4) is 0 Å². The predicted molar refractivity (Wildman–Crippen MR) is 96.7 cm³/mol. The molecule has 118 valence electrons. The summed E-state index contributed by atoms with van der Waals surface area (Å²) in [6.07, 6.45) is 2.69. The number of hydrogen-bond acceptors (Lipinski definition) is 3. The molecule has 3 aromatic rings. The van der Waals surface area contributed by atoms with Gasteiger partial charge in [-0.05, 0) is 49.2 Å². The molecule has 0 unspecified atom stereocenters. The lowest BCUT2D eigenvalue weighted by Gasteiger charge is -2.13. The molecule has 2 aromatic heterocycles. The van der Waals surface area contributed by atoms with Crippen LogP contribution >= 0.6 is 23.4 Å². The van der Waals surface area contributed by atoms with E-state index in [1.165, 1.54) is 5.56 Å². The topological polar surface area (TPSA) is 34.9 Å². The van der Waals surface area contributed by atoms with Crippen LogP contribution < -0.4 is 5.56 Å². The standard InChI is InChI=1S/C18H17ClN2OS/c1-4-12-8-15-14(7-11(2)18(22)21(15)3)16(9-12)23-13-5-6-17(19)20-10-13/h5-10H,4H2,1-3H3. The van der Waals surface area contributed by atoms with Gasteiger partial charge in [0, 0.05) is 34.0 Å². The fourth-order valence-corrected chi connectivity index (χ4v) is 3.67. The number of hydrogen-bond donors (Lipinski definition) is 0. The number of fused-ring (bicyclic) bond motifs is 1. The van der Waals surface area contributed by atoms with Crippen LogP contribution in [-0.4, -0.2) is 9.55 Å². The van der Waals surface area contributed by atoms with Crippen molar-refractivity contribution >= 4 is 34.3 Å². The highest BCUT2D eigenvalue weighted by Gasteiger charge is 2.11. The van der Waals surface area contributed by atoms with Crippen molar-refractivity contribution in [3.63, 3.8) is 0 Å². The summed E-state index contributed by atoms with van der Waals surface area (Å²) in [6.45, 7) is 3.97. The first-order valence-electron chi connectivity index (χ1n) is 7.42. The fourth-order valence-electron chi connectivity index (χ4n) is 2.58. The summed E-state index contributed by atoms with van der Waals surface area (Å²) in [6, 6.07) is 10.0. The zero-order chi connectivity index (χ0) is 16.6. The number of aryl methyl sites for hydroxylation is 3. The number of benzene rings is 1. The second-order valence-electron chi connectivity index (χ2n) is 5.49. The molecule has 0 amide bonds. The Morgan fingerprint density at radius 1 is 1.26 bits per heavy atom. The van der Waals surface area contributed by atoms with Gasteiger partial charge >= 0.3 is 0 Å². The van der Waals surface area contributed by atoms with Gasteiger partial charge in [0.05, 0.1) is 5.52 Å². The summed E-state index contributed by atoms with van der Waals surface area (Å²) >= 11 is 7.50. The summed E-state index contributed by atoms with van der Waals surface area (Å²) in [4.78, 5) is 18.5. The third-order valence-corrected chi connectivity index (χ3v) is 5.14. The number of pyridine rings is 2. The molecule has 1 aromatic carbocycles. The molecule has 0 atom stereocenters. The molecule has 3 nitrogen and oxygen atoms in total. The summed E-state index contributed by atoms with van der Waals surface area (Å²) in [7, 11) is 1.83. The van der Waals surface area contributed by atoms with E-state index in [0.717, 1.165) is 32.7 Å². The van der Waals surface area contributed by atoms with Crippen molar-refractivity contribution in [2.24, 2.45) is 7.05 Å². The highest BCUT2D eigenvalue weighted by molar-refractivity contribution is 7.99. The molecule has 0 aliphatic heterocycles. The van der Waals surface area contributed by atoms with Crippen LogP contribution in [0.25, 0.3) is 10.9 Å². The maximum Gasteiger partial charge on any atom is 0.253 e. The van der Waals surface area contributed by atoms with Gasteiger partial charge in [-0.1, -0.05) is 30.3 Å². The van der Waals surface area contributed by atoms with Crippen molar-refractivity contribution in [2.75, 3.05) is 0 Å². The lowest BCUT2D eigenvalue weighted by Crippen LogP contribution is -2.19. The normalized spacial score (nSPS) is 11.1. The Bertz CT molecular complexity index is 932. The quantitative estimate of drug-likeness (QED) is 0.651. The molecule has 2 heterocycles. The van der Waals surface area contributed by atoms with Crippen LogP contribution in [0.1, 0.15) is 18.1 Å². The predicted octanol–water partition coefficient (Wildman–Crippen LogP) is 4.61. The van der Waals surface area contributed by atoms with Gasteiger partial charge in [-0.3, -0.25) is 4.79 Å². The van der Waals surface area contributed by atoms with E-state index < -0.39 is 0 Å². The molecule has 3 rings (SSSR count). The summed E-state index contributed by atoms with van der Waals surface area (Å²) in [5.41, 5.74) is 2.97. The van der Waals surface area contributed by atoms with E-state index in [0.29, 0.717) is 5.15 Å². The monoisotopic (exact) mass is 344 g/mol. The van der Waals surface area contributed by atoms with E-state index >= 15 is 0 Å². The average Bonchev–Trinajstić information content (AvgIpc) is 2.55. The number of aromatic nitrogens is 2. The molecular weight excluding hydrogens is 328 g/mol. The van der Waals surface area contributed by atoms with Crippen molar-refractivity contribution in [3.8, 4) is 0 Å². The Morgan fingerprint density at radius 3 is 2.70 bits per heavy atom. The smallest absolute Gasteiger partial charge is 0.253 e. The molecule has 0 bridgehead atoms. The van der Waals surface area contributed by atoms with Gasteiger partial charge in [-0.15, -0.1) is 0 Å². The van der Waals surface area contributed by atoms with Crippen molar-refractivity contribution < 1.29 is 0 Å². The van der Waals surface area contributed by atoms with Crippen molar-refractivity contribution in [2.45, 2.75) is 30.1 Å². The van der Waals surface area contributed by atoms with E-state index in [-0.39, 0.29) is 5.56 Å². The van der Waals surface area contributed by atoms with Crippen molar-refractivity contribution in [3.05, 3.63) is 63.2 Å². The third kappa shape index (κ3) is 3.14. The third-order valence-electron chi connectivity index (χ3n) is 3.88. The number of halogens is 1. The summed E-state index contributed by atoms with van der Waals surface area (Å²) < 4.78 is 1.73. The minimum Gasteiger partial charge on any atom is -0.311 e. The molecule has 0 spiro atoms. The summed E-state index contributed by atoms with van der Waals surface area (Å²) in [5.74, 6) is 0. The molecule has 0 radical (unpaired) electrons. The van der Waals surface area contributed by atoms with Crippen LogP contribution in [0.5, 0.6) is 0 Å². The first-order valence-corrected chi connectivity index (χ1v) is 8.61. The second kappa shape index (κ2) is 6.38. The van der Waals surface area contributed by atoms with Crippen molar-refractivity contribution in [1.29, 1.82) is 0 Å². The van der Waals surface area contributed by atoms with Crippen LogP contribution in [-0.2, 0) is 13.5 Å². The number of nitrogens with zero attached hydrogens (tertiary/aromatic N) is 2. The molecule has 23 heavy (non-hydrogen) atoms. The zero-order valence-corrected chi connectivity index (χ0v) is 14.8. The molecular formula is C18H17ClN2OS. The molecule has 0 fully saturated rings. The number of rotatable bonds is 3. The van der Waals surface area contributed by atoms with Crippen LogP contribution in [0.2, 0.25) is 5.15 Å². The molecule has 0 aliphatic carbocycles. The lowest BCUT2D eigenvalue weighted by molar-refractivity contribution is 0.889. The Morgan fingerprint density at radius 2 is 2.04 bits per heavy atom. The summed E-state index contributed by atoms with van der Waals surface area (Å²) in [5, 5.41) is 1.57. The molecule has 5 heteroatoms. The van der Waals surface area contributed by atoms with E-state index in [2.05, 4.69) is 24.0 Å². The van der Waals surface area contributed by atoms with Gasteiger partial charge in [0.15, 0.2) is 0 Å². The van der Waals surface area contributed by atoms with Gasteiger partial charge < -0.3 is 4.57 Å². The van der Waals surface area contributed by atoms with Gasteiger partial charge in [0.1, 0.15) is 5.15 Å². The average molecular weight is 345 g/mol. The van der Waals surface area contributed by atoms with E-state index in [9.17, 15) is 4.79 Å². The zero-order valence-electron chi connectivity index (χ0n) is 13.3. The Hall–Kier alpha value is -1.78. The second-order valence-corrected chi connectivity index (χ2v) is 6.99. The van der Waals surface area contributed by atoms with E-state index in [1.54, 1.807) is 28.6 Å². The Kier molecular flexibility index (Phi) is 4.46. The minimum atomic E-state index is 0.0508. The molecule has 0 N–H and O–H groups in total. The minimum absolute atomic E-state index is 0.0508. The van der Waals surface area contributed by atoms with Gasteiger partial charge in [-0.25, -0.2) is 4.98 Å². The van der Waals surface area contributed by atoms with Crippen LogP contribution in [0, 0.1) is 6.92 Å². The highest BCUT2D eigenvalue weighted by Crippen LogP contribution is 2.34. The molecule has 0 saturated heterocycles.